The molecule has 2 aromatic heterocycles. The van der Waals surface area contributed by atoms with E-state index in [4.69, 9.17) is 9.84 Å². The van der Waals surface area contributed by atoms with Crippen LogP contribution in [0.5, 0.6) is 0 Å². The number of pyridine rings is 1. The number of rotatable bonds is 4. The van der Waals surface area contributed by atoms with Crippen LogP contribution in [-0.2, 0) is 20.8 Å². The van der Waals surface area contributed by atoms with E-state index in [-0.39, 0.29) is 11.8 Å². The lowest BCUT2D eigenvalue weighted by molar-refractivity contribution is -0.134. The predicted octanol–water partition coefficient (Wildman–Crippen LogP) is 3.56. The molecule has 0 amide bonds. The third kappa shape index (κ3) is 3.35. The summed E-state index contributed by atoms with van der Waals surface area (Å²) in [6.45, 7) is 5.17. The molecule has 4 rings (SSSR count). The van der Waals surface area contributed by atoms with Gasteiger partial charge in [-0.3, -0.25) is 4.79 Å². The number of hydrogen-bond acceptors (Lipinski definition) is 5. The molecule has 1 saturated heterocycles. The van der Waals surface area contributed by atoms with Crippen molar-refractivity contribution in [1.82, 2.24) is 14.3 Å². The van der Waals surface area contributed by atoms with Crippen molar-refractivity contribution >= 4 is 33.9 Å². The topological polar surface area (TPSA) is 75.4 Å². The Labute approximate surface area is 168 Å². The largest absolute Gasteiger partial charge is 0.466 e. The number of esters is 1. The molecule has 0 N–H and O–H groups in total. The highest BCUT2D eigenvalue weighted by molar-refractivity contribution is 6.05. The van der Waals surface area contributed by atoms with Gasteiger partial charge in [0.05, 0.1) is 23.7 Å². The zero-order valence-corrected chi connectivity index (χ0v) is 17.0. The van der Waals surface area contributed by atoms with Gasteiger partial charge in [0.25, 0.3) is 5.56 Å². The van der Waals surface area contributed by atoms with Crippen LogP contribution in [0.2, 0.25) is 0 Å². The molecule has 1 fully saturated rings. The number of hydrogen-bond donors (Lipinski definition) is 0. The molecule has 1 aliphatic heterocycles. The van der Waals surface area contributed by atoms with E-state index in [0.29, 0.717) is 24.1 Å². The molecule has 1 atom stereocenters. The van der Waals surface area contributed by atoms with Crippen molar-refractivity contribution in [3.05, 3.63) is 45.9 Å². The molecule has 7 heteroatoms. The van der Waals surface area contributed by atoms with Gasteiger partial charge >= 0.3 is 5.97 Å². The lowest BCUT2D eigenvalue weighted by Crippen LogP contribution is -2.21. The number of carbonyl (C=O) groups excluding carboxylic acids is 1. The van der Waals surface area contributed by atoms with Crippen molar-refractivity contribution in [3.63, 3.8) is 0 Å². The Morgan fingerprint density at radius 1 is 1.38 bits per heavy atom. The summed E-state index contributed by atoms with van der Waals surface area (Å²) >= 11 is 0. The molecule has 0 bridgehead atoms. The van der Waals surface area contributed by atoms with Crippen LogP contribution in [0.25, 0.3) is 27.9 Å². The normalized spacial score (nSPS) is 17.4. The minimum Gasteiger partial charge on any atom is -0.466 e. The van der Waals surface area contributed by atoms with Gasteiger partial charge in [-0.25, -0.2) is 9.48 Å². The highest BCUT2D eigenvalue weighted by Crippen LogP contribution is 2.30. The molecule has 0 spiro atoms. The molecule has 29 heavy (non-hydrogen) atoms. The van der Waals surface area contributed by atoms with Crippen LogP contribution in [0.3, 0.4) is 0 Å². The van der Waals surface area contributed by atoms with Crippen LogP contribution in [0.1, 0.15) is 43.7 Å². The van der Waals surface area contributed by atoms with Gasteiger partial charge in [-0.1, -0.05) is 6.07 Å². The number of methoxy groups -OCH3 is 1. The molecule has 3 heterocycles. The Balaban J connectivity index is 1.96. The van der Waals surface area contributed by atoms with E-state index >= 15 is 0 Å². The van der Waals surface area contributed by atoms with E-state index in [1.54, 1.807) is 10.6 Å². The first kappa shape index (κ1) is 19.4. The smallest absolute Gasteiger partial charge is 0.330 e. The molecule has 3 aromatic rings. The summed E-state index contributed by atoms with van der Waals surface area (Å²) in [4.78, 5) is 24.7. The summed E-state index contributed by atoms with van der Waals surface area (Å²) in [6.07, 6.45) is 5.98. The minimum atomic E-state index is -0.414. The maximum atomic E-state index is 13.2. The van der Waals surface area contributed by atoms with E-state index in [9.17, 15) is 9.59 Å². The van der Waals surface area contributed by atoms with Gasteiger partial charge in [-0.05, 0) is 56.9 Å². The number of nitrogens with zero attached hydrogens (tertiary/aromatic N) is 3. The maximum absolute atomic E-state index is 13.2. The molecular formula is C22H25N3O4. The van der Waals surface area contributed by atoms with Gasteiger partial charge in [0.15, 0.2) is 0 Å². The highest BCUT2D eigenvalue weighted by atomic mass is 16.5. The summed E-state index contributed by atoms with van der Waals surface area (Å²) in [5.74, 6) is -0.414. The molecule has 1 aliphatic rings. The second-order valence-electron chi connectivity index (χ2n) is 7.26. The third-order valence-corrected chi connectivity index (χ3v) is 5.53. The third-order valence-electron chi connectivity index (χ3n) is 5.53. The minimum absolute atomic E-state index is 0.0348. The number of aromatic nitrogens is 3. The van der Waals surface area contributed by atoms with Gasteiger partial charge in [0.2, 0.25) is 0 Å². The Hall–Kier alpha value is -2.93. The fraction of sp³-hybridized carbons (Fsp3) is 0.409. The lowest BCUT2D eigenvalue weighted by Gasteiger charge is -2.23. The van der Waals surface area contributed by atoms with Crippen molar-refractivity contribution < 1.29 is 14.3 Å². The number of fused-ring (bicyclic) bond motifs is 3. The average molecular weight is 395 g/mol. The van der Waals surface area contributed by atoms with Crippen LogP contribution in [0.15, 0.2) is 29.1 Å². The van der Waals surface area contributed by atoms with Gasteiger partial charge in [0.1, 0.15) is 11.7 Å². The molecule has 152 valence electrons. The van der Waals surface area contributed by atoms with E-state index in [1.807, 2.05) is 36.7 Å². The average Bonchev–Trinajstić information content (AvgIpc) is 3.11. The molecule has 0 saturated carbocycles. The van der Waals surface area contributed by atoms with Crippen molar-refractivity contribution in [2.24, 2.45) is 0 Å². The first-order valence-corrected chi connectivity index (χ1v) is 9.98. The molecule has 0 aliphatic carbocycles. The summed E-state index contributed by atoms with van der Waals surface area (Å²) < 4.78 is 14.2. The quantitative estimate of drug-likeness (QED) is 0.499. The standard InChI is InChI=1S/C22H25N3O4/c1-4-24-17-10-8-15(9-11-19(26)28-3)13-16(17)21-20(22(24)27)14(2)25(23-21)18-7-5-6-12-29-18/h8-11,13,18H,4-7,12H2,1-3H3. The molecule has 7 nitrogen and oxygen atoms in total. The van der Waals surface area contributed by atoms with E-state index in [2.05, 4.69) is 4.74 Å². The van der Waals surface area contributed by atoms with Crippen LogP contribution in [0, 0.1) is 6.92 Å². The maximum Gasteiger partial charge on any atom is 0.330 e. The van der Waals surface area contributed by atoms with Gasteiger partial charge in [-0.15, -0.1) is 0 Å². The molecule has 1 unspecified atom stereocenters. The SMILES string of the molecule is CCn1c(=O)c2c(C)n(C3CCCCO3)nc2c2cc(C=CC(=O)OC)ccc21. The van der Waals surface area contributed by atoms with Crippen molar-refractivity contribution in [2.75, 3.05) is 13.7 Å². The Morgan fingerprint density at radius 2 is 2.21 bits per heavy atom. The highest BCUT2D eigenvalue weighted by Gasteiger charge is 2.23. The van der Waals surface area contributed by atoms with Crippen LogP contribution in [0.4, 0.5) is 0 Å². The molecule has 1 aromatic carbocycles. The fourth-order valence-electron chi connectivity index (χ4n) is 4.03. The monoisotopic (exact) mass is 395 g/mol. The lowest BCUT2D eigenvalue weighted by atomic mass is 10.1. The second-order valence-corrected chi connectivity index (χ2v) is 7.26. The Morgan fingerprint density at radius 3 is 2.90 bits per heavy atom. The summed E-state index contributed by atoms with van der Waals surface area (Å²) in [6, 6.07) is 5.75. The summed E-state index contributed by atoms with van der Waals surface area (Å²) in [5, 5.41) is 6.32. The van der Waals surface area contributed by atoms with Crippen LogP contribution >= 0.6 is 0 Å². The van der Waals surface area contributed by atoms with Gasteiger partial charge in [0, 0.05) is 24.6 Å². The second kappa shape index (κ2) is 7.83. The zero-order valence-electron chi connectivity index (χ0n) is 17.0. The Bertz CT molecular complexity index is 1170. The Kier molecular flexibility index (Phi) is 5.24. The number of aryl methyl sites for hydroxylation is 2. The summed E-state index contributed by atoms with van der Waals surface area (Å²) in [7, 11) is 1.35. The number of benzene rings is 1. The first-order valence-electron chi connectivity index (χ1n) is 9.98. The molecular weight excluding hydrogens is 370 g/mol. The fourth-order valence-corrected chi connectivity index (χ4v) is 4.03. The van der Waals surface area contributed by atoms with Crippen molar-refractivity contribution in [3.8, 4) is 0 Å². The first-order chi connectivity index (χ1) is 14.0. The van der Waals surface area contributed by atoms with E-state index < -0.39 is 5.97 Å². The number of carbonyl (C=O) groups is 1. The zero-order chi connectivity index (χ0) is 20.5. The number of ether oxygens (including phenoxy) is 2. The van der Waals surface area contributed by atoms with Crippen LogP contribution in [-0.4, -0.2) is 34.0 Å². The van der Waals surface area contributed by atoms with Crippen molar-refractivity contribution in [2.45, 2.75) is 45.9 Å². The van der Waals surface area contributed by atoms with Gasteiger partial charge in [-0.2, -0.15) is 5.10 Å². The van der Waals surface area contributed by atoms with E-state index in [1.165, 1.54) is 13.2 Å². The van der Waals surface area contributed by atoms with Crippen LogP contribution < -0.4 is 5.56 Å². The summed E-state index contributed by atoms with van der Waals surface area (Å²) in [5.41, 5.74) is 3.14. The predicted molar refractivity (Wildman–Crippen MR) is 112 cm³/mol. The van der Waals surface area contributed by atoms with Crippen molar-refractivity contribution in [1.29, 1.82) is 0 Å². The van der Waals surface area contributed by atoms with E-state index in [0.717, 1.165) is 41.4 Å². The van der Waals surface area contributed by atoms with Gasteiger partial charge < -0.3 is 14.0 Å². The molecule has 0 radical (unpaired) electrons.